The largest absolute Gasteiger partial charge is 0.384 e. The number of hydrogen-bond donors (Lipinski definition) is 1. The fourth-order valence-electron chi connectivity index (χ4n) is 1.07. The fraction of sp³-hybridized carbons (Fsp3) is 0.375. The Morgan fingerprint density at radius 3 is 2.90 bits per heavy atom. The summed E-state index contributed by atoms with van der Waals surface area (Å²) in [6.45, 7) is 8.19. The first-order chi connectivity index (χ1) is 4.88. The molecular formula is C8H12N2. The topological polar surface area (TPSA) is 24.4 Å². The molecule has 1 heterocycles. The highest BCUT2D eigenvalue weighted by Gasteiger charge is 2.06. The smallest absolute Gasteiger partial charge is 0.0627 e. The Morgan fingerprint density at radius 2 is 2.40 bits per heavy atom. The average molecular weight is 136 g/mol. The highest BCUT2D eigenvalue weighted by molar-refractivity contribution is 5.34. The van der Waals surface area contributed by atoms with Gasteiger partial charge in [-0.3, -0.25) is 4.99 Å². The highest BCUT2D eigenvalue weighted by atomic mass is 14.9. The molecule has 1 N–H and O–H groups in total. The zero-order chi connectivity index (χ0) is 7.40. The molecule has 0 atom stereocenters. The van der Waals surface area contributed by atoms with Gasteiger partial charge in [0.15, 0.2) is 0 Å². The van der Waals surface area contributed by atoms with E-state index in [9.17, 15) is 0 Å². The van der Waals surface area contributed by atoms with E-state index in [4.69, 9.17) is 0 Å². The third-order valence-corrected chi connectivity index (χ3v) is 1.61. The number of allylic oxidation sites excluding steroid dienone is 2. The first kappa shape index (κ1) is 7.06. The Hall–Kier alpha value is -1.05. The van der Waals surface area contributed by atoms with E-state index in [2.05, 4.69) is 23.6 Å². The number of nitrogens with zero attached hydrogens (tertiary/aromatic N) is 1. The van der Waals surface area contributed by atoms with Crippen molar-refractivity contribution in [2.24, 2.45) is 4.99 Å². The summed E-state index contributed by atoms with van der Waals surface area (Å²) in [5.41, 5.74) is 2.09. The summed E-state index contributed by atoms with van der Waals surface area (Å²) in [6, 6.07) is 0. The van der Waals surface area contributed by atoms with E-state index in [0.717, 1.165) is 30.8 Å². The van der Waals surface area contributed by atoms with Crippen LogP contribution in [0.3, 0.4) is 0 Å². The lowest BCUT2D eigenvalue weighted by molar-refractivity contribution is 0.671. The summed E-state index contributed by atoms with van der Waals surface area (Å²) in [7, 11) is 0. The molecular weight excluding hydrogens is 124 g/mol. The van der Waals surface area contributed by atoms with Crippen LogP contribution in [-0.2, 0) is 0 Å². The second-order valence-corrected chi connectivity index (χ2v) is 2.25. The average Bonchev–Trinajstić information content (AvgIpc) is 2.04. The van der Waals surface area contributed by atoms with Crippen LogP contribution in [0.5, 0.6) is 0 Å². The van der Waals surface area contributed by atoms with E-state index < -0.39 is 0 Å². The van der Waals surface area contributed by atoms with E-state index in [1.54, 1.807) is 6.08 Å². The second-order valence-electron chi connectivity index (χ2n) is 2.25. The Kier molecular flexibility index (Phi) is 2.26. The van der Waals surface area contributed by atoms with Crippen molar-refractivity contribution in [3.63, 3.8) is 0 Å². The molecule has 54 valence electrons. The molecule has 0 aromatic carbocycles. The SMILES string of the molecule is C=CC1=C(N=C)CCCN1. The molecule has 2 heteroatoms. The Morgan fingerprint density at radius 1 is 1.60 bits per heavy atom. The maximum absolute atomic E-state index is 3.90. The predicted octanol–water partition coefficient (Wildman–Crippen LogP) is 1.47. The highest BCUT2D eigenvalue weighted by Crippen LogP contribution is 2.14. The molecule has 0 unspecified atom stereocenters. The lowest BCUT2D eigenvalue weighted by Crippen LogP contribution is -2.19. The van der Waals surface area contributed by atoms with Gasteiger partial charge in [0.25, 0.3) is 0 Å². The van der Waals surface area contributed by atoms with Gasteiger partial charge >= 0.3 is 0 Å². The number of rotatable bonds is 2. The van der Waals surface area contributed by atoms with Crippen LogP contribution in [0, 0.1) is 0 Å². The molecule has 1 aliphatic heterocycles. The van der Waals surface area contributed by atoms with Gasteiger partial charge in [-0.1, -0.05) is 6.58 Å². The lowest BCUT2D eigenvalue weighted by atomic mass is 10.1. The van der Waals surface area contributed by atoms with Crippen LogP contribution in [0.25, 0.3) is 0 Å². The molecule has 0 spiro atoms. The van der Waals surface area contributed by atoms with E-state index in [-0.39, 0.29) is 0 Å². The molecule has 0 aromatic rings. The molecule has 0 amide bonds. The molecule has 0 aliphatic carbocycles. The van der Waals surface area contributed by atoms with Crippen molar-refractivity contribution >= 4 is 6.72 Å². The molecule has 0 bridgehead atoms. The first-order valence-electron chi connectivity index (χ1n) is 3.44. The van der Waals surface area contributed by atoms with E-state index in [0.29, 0.717) is 0 Å². The zero-order valence-electron chi connectivity index (χ0n) is 6.06. The Bertz CT molecular complexity index is 160. The van der Waals surface area contributed by atoms with Crippen LogP contribution in [-0.4, -0.2) is 13.3 Å². The van der Waals surface area contributed by atoms with Crippen LogP contribution in [0.2, 0.25) is 0 Å². The fourth-order valence-corrected chi connectivity index (χ4v) is 1.07. The summed E-state index contributed by atoms with van der Waals surface area (Å²) in [6.07, 6.45) is 3.96. The molecule has 0 saturated carbocycles. The molecule has 0 radical (unpaired) electrons. The maximum atomic E-state index is 3.90. The van der Waals surface area contributed by atoms with Crippen LogP contribution in [0.4, 0.5) is 0 Å². The predicted molar refractivity (Wildman–Crippen MR) is 44.0 cm³/mol. The monoisotopic (exact) mass is 136 g/mol. The van der Waals surface area contributed by atoms with Crippen molar-refractivity contribution in [1.82, 2.24) is 5.32 Å². The summed E-state index contributed by atoms with van der Waals surface area (Å²) in [4.78, 5) is 3.90. The quantitative estimate of drug-likeness (QED) is 0.571. The van der Waals surface area contributed by atoms with Gasteiger partial charge in [0.1, 0.15) is 0 Å². The molecule has 2 nitrogen and oxygen atoms in total. The van der Waals surface area contributed by atoms with Crippen molar-refractivity contribution in [2.75, 3.05) is 6.54 Å². The minimum Gasteiger partial charge on any atom is -0.384 e. The van der Waals surface area contributed by atoms with Gasteiger partial charge in [-0.25, -0.2) is 0 Å². The van der Waals surface area contributed by atoms with Gasteiger partial charge in [0.05, 0.1) is 11.4 Å². The number of aliphatic imine (C=N–C) groups is 1. The molecule has 0 fully saturated rings. The van der Waals surface area contributed by atoms with Crippen LogP contribution >= 0.6 is 0 Å². The normalized spacial score (nSPS) is 18.0. The van der Waals surface area contributed by atoms with Crippen molar-refractivity contribution in [3.05, 3.63) is 24.0 Å². The van der Waals surface area contributed by atoms with Gasteiger partial charge < -0.3 is 5.32 Å². The molecule has 0 aromatic heterocycles. The number of hydrogen-bond acceptors (Lipinski definition) is 2. The van der Waals surface area contributed by atoms with Gasteiger partial charge in [0.2, 0.25) is 0 Å². The van der Waals surface area contributed by atoms with Gasteiger partial charge in [-0.15, -0.1) is 0 Å². The third kappa shape index (κ3) is 1.26. The Labute approximate surface area is 61.4 Å². The minimum atomic E-state index is 1.03. The number of nitrogens with one attached hydrogen (secondary N) is 1. The Balaban J connectivity index is 2.81. The molecule has 1 rings (SSSR count). The van der Waals surface area contributed by atoms with E-state index in [1.165, 1.54) is 0 Å². The van der Waals surface area contributed by atoms with Crippen molar-refractivity contribution in [3.8, 4) is 0 Å². The molecule has 10 heavy (non-hydrogen) atoms. The maximum Gasteiger partial charge on any atom is 0.0627 e. The lowest BCUT2D eigenvalue weighted by Gasteiger charge is -2.15. The van der Waals surface area contributed by atoms with Gasteiger partial charge in [-0.05, 0) is 25.6 Å². The minimum absolute atomic E-state index is 1.03. The summed E-state index contributed by atoms with van der Waals surface area (Å²) in [5.74, 6) is 0. The summed E-state index contributed by atoms with van der Waals surface area (Å²) in [5, 5.41) is 3.20. The van der Waals surface area contributed by atoms with Crippen LogP contribution in [0.15, 0.2) is 29.0 Å². The van der Waals surface area contributed by atoms with Crippen molar-refractivity contribution < 1.29 is 0 Å². The first-order valence-corrected chi connectivity index (χ1v) is 3.44. The second kappa shape index (κ2) is 3.20. The third-order valence-electron chi connectivity index (χ3n) is 1.61. The van der Waals surface area contributed by atoms with E-state index in [1.807, 2.05) is 0 Å². The summed E-state index contributed by atoms with van der Waals surface area (Å²) >= 11 is 0. The van der Waals surface area contributed by atoms with Gasteiger partial charge in [-0.2, -0.15) is 0 Å². The van der Waals surface area contributed by atoms with Crippen molar-refractivity contribution in [2.45, 2.75) is 12.8 Å². The molecule has 1 aliphatic rings. The van der Waals surface area contributed by atoms with Crippen LogP contribution in [0.1, 0.15) is 12.8 Å². The molecule has 0 saturated heterocycles. The summed E-state index contributed by atoms with van der Waals surface area (Å²) < 4.78 is 0. The van der Waals surface area contributed by atoms with Crippen molar-refractivity contribution in [1.29, 1.82) is 0 Å². The standard InChI is InChI=1S/C8H12N2/c1-3-7-8(9-2)5-4-6-10-7/h3,10H,1-2,4-6H2. The zero-order valence-corrected chi connectivity index (χ0v) is 6.06. The van der Waals surface area contributed by atoms with E-state index >= 15 is 0 Å². The van der Waals surface area contributed by atoms with Crippen LogP contribution < -0.4 is 5.32 Å². The van der Waals surface area contributed by atoms with Gasteiger partial charge in [0, 0.05) is 6.54 Å².